The Kier molecular flexibility index (Phi) is 3.80. The summed E-state index contributed by atoms with van der Waals surface area (Å²) < 4.78 is 0. The molecule has 0 saturated carbocycles. The van der Waals surface area contributed by atoms with Crippen molar-refractivity contribution in [3.8, 4) is 0 Å². The number of rotatable bonds is 2. The number of allylic oxidation sites excluding steroid dienone is 3. The van der Waals surface area contributed by atoms with Crippen molar-refractivity contribution in [3.05, 3.63) is 24.8 Å². The topological polar surface area (TPSA) is 12.4 Å². The summed E-state index contributed by atoms with van der Waals surface area (Å²) in [4.78, 5) is 4.18. The van der Waals surface area contributed by atoms with Crippen molar-refractivity contribution in [1.29, 1.82) is 0 Å². The zero-order chi connectivity index (χ0) is 8.91. The lowest BCUT2D eigenvalue weighted by atomic mass is 9.89. The SMILES string of the molecule is C=C/C=C\C(=NC)C(C)(C)C. The third-order valence-corrected chi connectivity index (χ3v) is 1.40. The van der Waals surface area contributed by atoms with Crippen molar-refractivity contribution in [2.45, 2.75) is 20.8 Å². The Hall–Kier alpha value is -0.850. The molecule has 0 aliphatic rings. The quantitative estimate of drug-likeness (QED) is 0.425. The molecule has 1 heteroatoms. The molecule has 62 valence electrons. The summed E-state index contributed by atoms with van der Waals surface area (Å²) >= 11 is 0. The van der Waals surface area contributed by atoms with Gasteiger partial charge in [-0.05, 0) is 6.08 Å². The Morgan fingerprint density at radius 3 is 2.18 bits per heavy atom. The van der Waals surface area contributed by atoms with E-state index in [4.69, 9.17) is 0 Å². The van der Waals surface area contributed by atoms with Gasteiger partial charge in [-0.1, -0.05) is 39.5 Å². The fourth-order valence-electron chi connectivity index (χ4n) is 0.819. The third-order valence-electron chi connectivity index (χ3n) is 1.40. The van der Waals surface area contributed by atoms with E-state index in [9.17, 15) is 0 Å². The van der Waals surface area contributed by atoms with Gasteiger partial charge in [-0.3, -0.25) is 4.99 Å². The zero-order valence-corrected chi connectivity index (χ0v) is 7.89. The van der Waals surface area contributed by atoms with Crippen molar-refractivity contribution < 1.29 is 0 Å². The molecule has 0 aromatic heterocycles. The van der Waals surface area contributed by atoms with Crippen LogP contribution in [0.3, 0.4) is 0 Å². The second-order valence-corrected chi connectivity index (χ2v) is 3.45. The van der Waals surface area contributed by atoms with E-state index in [2.05, 4.69) is 32.3 Å². The fraction of sp³-hybridized carbons (Fsp3) is 0.500. The van der Waals surface area contributed by atoms with Crippen LogP contribution in [-0.2, 0) is 0 Å². The summed E-state index contributed by atoms with van der Waals surface area (Å²) in [5.74, 6) is 0. The van der Waals surface area contributed by atoms with Gasteiger partial charge in [0.05, 0.1) is 0 Å². The van der Waals surface area contributed by atoms with Gasteiger partial charge in [0.2, 0.25) is 0 Å². The molecule has 0 saturated heterocycles. The molecule has 0 unspecified atom stereocenters. The van der Waals surface area contributed by atoms with Crippen LogP contribution >= 0.6 is 0 Å². The number of nitrogens with zero attached hydrogens (tertiary/aromatic N) is 1. The molecule has 0 bridgehead atoms. The predicted molar refractivity (Wildman–Crippen MR) is 52.2 cm³/mol. The number of aliphatic imine (C=N–C) groups is 1. The van der Waals surface area contributed by atoms with Gasteiger partial charge >= 0.3 is 0 Å². The van der Waals surface area contributed by atoms with Crippen LogP contribution in [-0.4, -0.2) is 12.8 Å². The zero-order valence-electron chi connectivity index (χ0n) is 7.89. The maximum atomic E-state index is 4.18. The molecule has 0 rings (SSSR count). The van der Waals surface area contributed by atoms with Crippen molar-refractivity contribution >= 4 is 5.71 Å². The van der Waals surface area contributed by atoms with E-state index in [1.807, 2.05) is 19.2 Å². The minimum atomic E-state index is 0.133. The highest BCUT2D eigenvalue weighted by Gasteiger charge is 2.14. The van der Waals surface area contributed by atoms with E-state index < -0.39 is 0 Å². The molecule has 0 amide bonds. The molecule has 0 fully saturated rings. The first-order valence-corrected chi connectivity index (χ1v) is 3.78. The summed E-state index contributed by atoms with van der Waals surface area (Å²) in [5.41, 5.74) is 1.23. The maximum absolute atomic E-state index is 4.18. The standard InChI is InChI=1S/C10H17N/c1-6-7-8-9(11-5)10(2,3)4/h6-8H,1H2,2-5H3/b8-7-,11-9?. The lowest BCUT2D eigenvalue weighted by molar-refractivity contribution is 0.593. The van der Waals surface area contributed by atoms with Crippen LogP contribution in [0.2, 0.25) is 0 Å². The Morgan fingerprint density at radius 1 is 1.36 bits per heavy atom. The Bertz CT molecular complexity index is 180. The molecule has 0 radical (unpaired) electrons. The van der Waals surface area contributed by atoms with Crippen LogP contribution in [0.5, 0.6) is 0 Å². The van der Waals surface area contributed by atoms with E-state index in [1.54, 1.807) is 6.08 Å². The molecule has 0 spiro atoms. The molecule has 1 nitrogen and oxygen atoms in total. The predicted octanol–water partition coefficient (Wildman–Crippen LogP) is 2.85. The second kappa shape index (κ2) is 4.12. The fourth-order valence-corrected chi connectivity index (χ4v) is 0.819. The molecule has 0 heterocycles. The van der Waals surface area contributed by atoms with Gasteiger partial charge in [0.25, 0.3) is 0 Å². The first-order chi connectivity index (χ1) is 5.02. The first kappa shape index (κ1) is 10.2. The highest BCUT2D eigenvalue weighted by atomic mass is 14.7. The molecule has 0 aliphatic carbocycles. The van der Waals surface area contributed by atoms with Crippen LogP contribution in [0.1, 0.15) is 20.8 Å². The average Bonchev–Trinajstić information content (AvgIpc) is 1.87. The van der Waals surface area contributed by atoms with E-state index in [1.165, 1.54) is 0 Å². The van der Waals surface area contributed by atoms with Crippen LogP contribution in [0.15, 0.2) is 29.8 Å². The van der Waals surface area contributed by atoms with Crippen LogP contribution < -0.4 is 0 Å². The van der Waals surface area contributed by atoms with Gasteiger partial charge in [-0.25, -0.2) is 0 Å². The number of hydrogen-bond acceptors (Lipinski definition) is 1. The smallest absolute Gasteiger partial charge is 0.0398 e. The molecular formula is C10H17N. The molecule has 0 N–H and O–H groups in total. The Morgan fingerprint density at radius 2 is 1.91 bits per heavy atom. The summed E-state index contributed by atoms with van der Waals surface area (Å²) in [7, 11) is 1.81. The summed E-state index contributed by atoms with van der Waals surface area (Å²) in [6.45, 7) is 10.0. The van der Waals surface area contributed by atoms with Crippen molar-refractivity contribution in [2.75, 3.05) is 7.05 Å². The monoisotopic (exact) mass is 151 g/mol. The molecule has 11 heavy (non-hydrogen) atoms. The summed E-state index contributed by atoms with van der Waals surface area (Å²) in [5, 5.41) is 0. The summed E-state index contributed by atoms with van der Waals surface area (Å²) in [6.07, 6.45) is 5.66. The summed E-state index contributed by atoms with van der Waals surface area (Å²) in [6, 6.07) is 0. The largest absolute Gasteiger partial charge is 0.293 e. The van der Waals surface area contributed by atoms with Gasteiger partial charge in [0.15, 0.2) is 0 Å². The normalized spacial score (nSPS) is 14.0. The Balaban J connectivity index is 4.45. The minimum absolute atomic E-state index is 0.133. The first-order valence-electron chi connectivity index (χ1n) is 3.78. The van der Waals surface area contributed by atoms with Gasteiger partial charge in [-0.2, -0.15) is 0 Å². The van der Waals surface area contributed by atoms with E-state index in [-0.39, 0.29) is 5.41 Å². The molecule has 0 aliphatic heterocycles. The lowest BCUT2D eigenvalue weighted by Gasteiger charge is -2.17. The van der Waals surface area contributed by atoms with Crippen LogP contribution in [0.25, 0.3) is 0 Å². The van der Waals surface area contributed by atoms with Crippen molar-refractivity contribution in [1.82, 2.24) is 0 Å². The van der Waals surface area contributed by atoms with Gasteiger partial charge in [0.1, 0.15) is 0 Å². The van der Waals surface area contributed by atoms with Crippen molar-refractivity contribution in [2.24, 2.45) is 10.4 Å². The highest BCUT2D eigenvalue weighted by molar-refractivity contribution is 5.99. The van der Waals surface area contributed by atoms with Crippen LogP contribution in [0, 0.1) is 5.41 Å². The van der Waals surface area contributed by atoms with Crippen LogP contribution in [0.4, 0.5) is 0 Å². The van der Waals surface area contributed by atoms with Gasteiger partial charge in [0, 0.05) is 18.2 Å². The highest BCUT2D eigenvalue weighted by Crippen LogP contribution is 2.16. The van der Waals surface area contributed by atoms with E-state index in [0.717, 1.165) is 5.71 Å². The molecule has 0 aromatic carbocycles. The minimum Gasteiger partial charge on any atom is -0.293 e. The second-order valence-electron chi connectivity index (χ2n) is 3.45. The lowest BCUT2D eigenvalue weighted by Crippen LogP contribution is -2.17. The molecule has 0 aromatic rings. The van der Waals surface area contributed by atoms with Gasteiger partial charge in [-0.15, -0.1) is 0 Å². The van der Waals surface area contributed by atoms with E-state index >= 15 is 0 Å². The average molecular weight is 151 g/mol. The molecule has 0 atom stereocenters. The third kappa shape index (κ3) is 3.76. The molecular weight excluding hydrogens is 134 g/mol. The van der Waals surface area contributed by atoms with E-state index in [0.29, 0.717) is 0 Å². The van der Waals surface area contributed by atoms with Crippen molar-refractivity contribution in [3.63, 3.8) is 0 Å². The Labute approximate surface area is 69.5 Å². The van der Waals surface area contributed by atoms with Gasteiger partial charge < -0.3 is 0 Å². The number of hydrogen-bond donors (Lipinski definition) is 0. The maximum Gasteiger partial charge on any atom is 0.0398 e.